The molecule has 0 aliphatic carbocycles. The Bertz CT molecular complexity index is 4640. The monoisotopic (exact) mass is 954 g/mol. The molecule has 0 bridgehead atoms. The molecule has 0 aliphatic rings. The van der Waals surface area contributed by atoms with Crippen LogP contribution in [0.2, 0.25) is 0 Å². The zero-order valence-electron chi connectivity index (χ0n) is 40.9. The summed E-state index contributed by atoms with van der Waals surface area (Å²) in [5.41, 5.74) is 17.8. The van der Waals surface area contributed by atoms with E-state index >= 15 is 0 Å². The summed E-state index contributed by atoms with van der Waals surface area (Å²) in [7, 11) is 0. The summed E-state index contributed by atoms with van der Waals surface area (Å²) in [5, 5.41) is 12.1. The van der Waals surface area contributed by atoms with E-state index in [1.54, 1.807) is 0 Å². The van der Waals surface area contributed by atoms with Crippen molar-refractivity contribution in [3.8, 4) is 50.2 Å². The zero-order chi connectivity index (χ0) is 49.4. The molecule has 0 atom stereocenters. The summed E-state index contributed by atoms with van der Waals surface area (Å²) in [4.78, 5) is 2.36. The first kappa shape index (κ1) is 42.7. The Balaban J connectivity index is 0.800. The third-order valence-electron chi connectivity index (χ3n) is 15.4. The van der Waals surface area contributed by atoms with E-state index in [-0.39, 0.29) is 0 Å². The Morgan fingerprint density at radius 3 is 1.36 bits per heavy atom. The topological polar surface area (TPSA) is 21.3 Å². The number of hydrogen-bond donors (Lipinski definition) is 0. The lowest BCUT2D eigenvalue weighted by atomic mass is 9.95. The Kier molecular flexibility index (Phi) is 9.89. The van der Waals surface area contributed by atoms with E-state index in [1.807, 2.05) is 0 Å². The molecule has 2 aromatic heterocycles. The van der Waals surface area contributed by atoms with Crippen LogP contribution in [0.25, 0.3) is 126 Å². The van der Waals surface area contributed by atoms with Gasteiger partial charge in [0.05, 0.1) is 11.0 Å². The van der Waals surface area contributed by atoms with Gasteiger partial charge in [0.25, 0.3) is 0 Å². The third kappa shape index (κ3) is 7.20. The smallest absolute Gasteiger partial charge is 0.143 e. The summed E-state index contributed by atoms with van der Waals surface area (Å²) < 4.78 is 9.17. The molecular weight excluding hydrogens is 909 g/mol. The minimum Gasteiger partial charge on any atom is -0.455 e. The lowest BCUT2D eigenvalue weighted by Gasteiger charge is -2.26. The predicted octanol–water partition coefficient (Wildman–Crippen LogP) is 20.3. The van der Waals surface area contributed by atoms with Crippen molar-refractivity contribution in [2.45, 2.75) is 0 Å². The quantitative estimate of drug-likeness (QED) is 0.142. The minimum absolute atomic E-state index is 0.903. The molecule has 0 spiro atoms. The lowest BCUT2D eigenvalue weighted by molar-refractivity contribution is 0.674. The van der Waals surface area contributed by atoms with Gasteiger partial charge in [-0.15, -0.1) is 0 Å². The Morgan fingerprint density at radius 2 is 0.693 bits per heavy atom. The van der Waals surface area contributed by atoms with Gasteiger partial charge in [-0.25, -0.2) is 0 Å². The number of aromatic nitrogens is 1. The standard InChI is InChI=1S/C72H46N2O/c1-3-18-61-49(12-1)26-27-52-28-29-56(46-68(52)61)54-15-9-14-53(44-54)47-30-37-57(38-31-47)73(59-41-34-51(35-42-59)63-22-11-23-66-67-43-36-50-13-2-4-19-62(50)72(67)75-71(63)66)58-39-32-48(33-40-58)55-16-10-17-60(45-55)74-69-24-7-5-20-64(69)65-21-6-8-25-70(65)74/h1-46H. The first-order valence-electron chi connectivity index (χ1n) is 25.7. The highest BCUT2D eigenvalue weighted by atomic mass is 16.3. The van der Waals surface area contributed by atoms with Crippen molar-refractivity contribution in [1.82, 2.24) is 4.57 Å². The van der Waals surface area contributed by atoms with Crippen LogP contribution < -0.4 is 4.90 Å². The van der Waals surface area contributed by atoms with Gasteiger partial charge in [0.15, 0.2) is 0 Å². The van der Waals surface area contributed by atoms with Crippen molar-refractivity contribution in [1.29, 1.82) is 0 Å². The predicted molar refractivity (Wildman–Crippen MR) is 317 cm³/mol. The molecule has 0 aliphatic heterocycles. The maximum Gasteiger partial charge on any atom is 0.143 e. The van der Waals surface area contributed by atoms with E-state index in [9.17, 15) is 0 Å². The molecule has 0 unspecified atom stereocenters. The third-order valence-corrected chi connectivity index (χ3v) is 15.4. The molecule has 0 amide bonds. The first-order valence-corrected chi connectivity index (χ1v) is 25.7. The Morgan fingerprint density at radius 1 is 0.253 bits per heavy atom. The molecule has 0 fully saturated rings. The van der Waals surface area contributed by atoms with Crippen LogP contribution in [-0.2, 0) is 0 Å². The molecule has 3 nitrogen and oxygen atoms in total. The van der Waals surface area contributed by atoms with E-state index in [0.29, 0.717) is 0 Å². The van der Waals surface area contributed by atoms with Crippen LogP contribution in [-0.4, -0.2) is 4.57 Å². The van der Waals surface area contributed by atoms with Crippen LogP contribution in [0.15, 0.2) is 283 Å². The average Bonchev–Trinajstić information content (AvgIpc) is 4.04. The Labute approximate surface area is 434 Å². The molecule has 0 saturated carbocycles. The molecule has 0 saturated heterocycles. The largest absolute Gasteiger partial charge is 0.455 e. The van der Waals surface area contributed by atoms with Gasteiger partial charge in [-0.05, 0) is 145 Å². The number of fused-ring (bicyclic) bond motifs is 11. The fourth-order valence-electron chi connectivity index (χ4n) is 11.7. The summed E-state index contributed by atoms with van der Waals surface area (Å²) in [5.74, 6) is 0. The maximum absolute atomic E-state index is 6.78. The van der Waals surface area contributed by atoms with Crippen LogP contribution in [0.3, 0.4) is 0 Å². The van der Waals surface area contributed by atoms with Crippen LogP contribution in [0.1, 0.15) is 0 Å². The lowest BCUT2D eigenvalue weighted by Crippen LogP contribution is -2.09. The number of anilines is 3. The second-order valence-electron chi connectivity index (χ2n) is 19.6. The Hall–Kier alpha value is -9.96. The molecule has 0 radical (unpaired) electrons. The SMILES string of the molecule is c1cc(-c2ccc(N(c3ccc(-c4cccc(-n5c6ccccc6c6ccccc65)c4)cc3)c3ccc(-c4cccc5c4oc4c6ccccc6ccc54)cc3)cc2)cc(-c2ccc3ccc4ccccc4c3c2)c1. The molecular formula is C72H46N2O. The van der Waals surface area contributed by atoms with Crippen molar-refractivity contribution in [2.24, 2.45) is 0 Å². The second kappa shape index (κ2) is 17.4. The maximum atomic E-state index is 6.78. The number of benzene rings is 13. The van der Waals surface area contributed by atoms with Gasteiger partial charge in [-0.2, -0.15) is 0 Å². The van der Waals surface area contributed by atoms with Crippen molar-refractivity contribution in [3.63, 3.8) is 0 Å². The molecule has 0 N–H and O–H groups in total. The molecule has 15 aromatic rings. The van der Waals surface area contributed by atoms with Gasteiger partial charge in [0.1, 0.15) is 11.2 Å². The van der Waals surface area contributed by atoms with Gasteiger partial charge in [-0.3, -0.25) is 0 Å². The molecule has 2 heterocycles. The van der Waals surface area contributed by atoms with Gasteiger partial charge < -0.3 is 13.9 Å². The molecule has 15 rings (SSSR count). The van der Waals surface area contributed by atoms with Crippen LogP contribution >= 0.6 is 0 Å². The van der Waals surface area contributed by atoms with Crippen LogP contribution in [0.4, 0.5) is 17.1 Å². The number of rotatable bonds is 8. The van der Waals surface area contributed by atoms with Crippen molar-refractivity contribution >= 4 is 93.1 Å². The zero-order valence-corrected chi connectivity index (χ0v) is 40.9. The average molecular weight is 955 g/mol. The highest BCUT2D eigenvalue weighted by Gasteiger charge is 2.18. The van der Waals surface area contributed by atoms with Crippen molar-refractivity contribution in [3.05, 3.63) is 279 Å². The molecule has 13 aromatic carbocycles. The number of para-hydroxylation sites is 3. The van der Waals surface area contributed by atoms with E-state index in [0.717, 1.165) is 77.9 Å². The summed E-state index contributed by atoms with van der Waals surface area (Å²) in [6, 6.07) is 101. The van der Waals surface area contributed by atoms with Crippen LogP contribution in [0.5, 0.6) is 0 Å². The minimum atomic E-state index is 0.903. The molecule has 3 heteroatoms. The van der Waals surface area contributed by atoms with E-state index < -0.39 is 0 Å². The summed E-state index contributed by atoms with van der Waals surface area (Å²) >= 11 is 0. The highest BCUT2D eigenvalue weighted by molar-refractivity contribution is 6.17. The van der Waals surface area contributed by atoms with Gasteiger partial charge in [0, 0.05) is 55.2 Å². The van der Waals surface area contributed by atoms with E-state index in [1.165, 1.54) is 65.4 Å². The summed E-state index contributed by atoms with van der Waals surface area (Å²) in [6.45, 7) is 0. The number of nitrogens with zero attached hydrogens (tertiary/aromatic N) is 2. The fourth-order valence-corrected chi connectivity index (χ4v) is 11.7. The number of hydrogen-bond acceptors (Lipinski definition) is 2. The number of furan rings is 1. The van der Waals surface area contributed by atoms with Gasteiger partial charge in [0.2, 0.25) is 0 Å². The van der Waals surface area contributed by atoms with E-state index in [4.69, 9.17) is 4.42 Å². The second-order valence-corrected chi connectivity index (χ2v) is 19.6. The molecule has 75 heavy (non-hydrogen) atoms. The van der Waals surface area contributed by atoms with Crippen molar-refractivity contribution in [2.75, 3.05) is 4.90 Å². The van der Waals surface area contributed by atoms with Gasteiger partial charge >= 0.3 is 0 Å². The highest BCUT2D eigenvalue weighted by Crippen LogP contribution is 2.42. The fraction of sp³-hybridized carbons (Fsp3) is 0. The summed E-state index contributed by atoms with van der Waals surface area (Å²) in [6.07, 6.45) is 0. The van der Waals surface area contributed by atoms with Gasteiger partial charge in [-0.1, -0.05) is 200 Å². The first-order chi connectivity index (χ1) is 37.2. The van der Waals surface area contributed by atoms with Crippen LogP contribution in [0, 0.1) is 0 Å². The molecule has 350 valence electrons. The van der Waals surface area contributed by atoms with E-state index in [2.05, 4.69) is 289 Å². The normalized spacial score (nSPS) is 11.7. The van der Waals surface area contributed by atoms with Crippen molar-refractivity contribution < 1.29 is 4.42 Å².